The second-order valence-electron chi connectivity index (χ2n) is 6.14. The minimum absolute atomic E-state index is 0.0512. The van der Waals surface area contributed by atoms with Gasteiger partial charge in [-0.2, -0.15) is 10.0 Å². The van der Waals surface area contributed by atoms with Crippen LogP contribution in [0.1, 0.15) is 30.3 Å². The lowest BCUT2D eigenvalue weighted by Gasteiger charge is -2.26. The number of aliphatic hydroxyl groups excluding tert-OH is 3. The molecule has 136 valence electrons. The van der Waals surface area contributed by atoms with Crippen LogP contribution in [0.25, 0.3) is 5.52 Å². The van der Waals surface area contributed by atoms with Crippen molar-refractivity contribution in [2.24, 2.45) is 5.18 Å². The second kappa shape index (κ2) is 6.28. The van der Waals surface area contributed by atoms with Gasteiger partial charge in [0.15, 0.2) is 5.82 Å². The first-order chi connectivity index (χ1) is 11.9. The highest BCUT2D eigenvalue weighted by molar-refractivity contribution is 5.72. The number of aliphatic hydroxyl groups is 4. The van der Waals surface area contributed by atoms with Crippen LogP contribution in [0.5, 0.6) is 0 Å². The van der Waals surface area contributed by atoms with E-state index >= 15 is 0 Å². The molecular formula is C14H19N5O6. The van der Waals surface area contributed by atoms with Gasteiger partial charge in [0.25, 0.3) is 0 Å². The van der Waals surface area contributed by atoms with E-state index in [1.165, 1.54) is 23.8 Å². The monoisotopic (exact) mass is 353 g/mol. The Kier molecular flexibility index (Phi) is 4.43. The van der Waals surface area contributed by atoms with Gasteiger partial charge in [0.2, 0.25) is 0 Å². The van der Waals surface area contributed by atoms with Gasteiger partial charge in [0, 0.05) is 5.56 Å². The van der Waals surface area contributed by atoms with E-state index < -0.39 is 43.2 Å². The number of hydrogen-bond acceptors (Lipinski definition) is 10. The molecule has 5 atom stereocenters. The van der Waals surface area contributed by atoms with E-state index in [1.54, 1.807) is 0 Å². The van der Waals surface area contributed by atoms with Crippen molar-refractivity contribution in [3.8, 4) is 0 Å². The third-order valence-corrected chi connectivity index (χ3v) is 4.54. The van der Waals surface area contributed by atoms with Gasteiger partial charge in [-0.3, -0.25) is 0 Å². The molecule has 0 bridgehead atoms. The highest BCUT2D eigenvalue weighted by atomic mass is 16.6. The SMILES string of the molecule is C[C@@]1(O)[C@H](O)[C@@H](CO)O[C@H]1c1cc(C(CO)N=O)c2c(N)ncnn12. The molecule has 2 aromatic heterocycles. The van der Waals surface area contributed by atoms with Gasteiger partial charge in [-0.15, -0.1) is 0 Å². The first-order valence-electron chi connectivity index (χ1n) is 7.58. The van der Waals surface area contributed by atoms with Gasteiger partial charge in [-0.1, -0.05) is 5.18 Å². The molecule has 2 aromatic rings. The van der Waals surface area contributed by atoms with Gasteiger partial charge in [0.05, 0.1) is 18.9 Å². The molecule has 0 aromatic carbocycles. The topological polar surface area (TPSA) is 176 Å². The van der Waals surface area contributed by atoms with Crippen LogP contribution in [0.15, 0.2) is 17.6 Å². The summed E-state index contributed by atoms with van der Waals surface area (Å²) in [5, 5.41) is 46.5. The lowest BCUT2D eigenvalue weighted by molar-refractivity contribution is -0.0664. The van der Waals surface area contributed by atoms with E-state index in [-0.39, 0.29) is 22.6 Å². The van der Waals surface area contributed by atoms with Crippen molar-refractivity contribution < 1.29 is 25.2 Å². The number of rotatable bonds is 5. The molecule has 25 heavy (non-hydrogen) atoms. The maximum Gasteiger partial charge on any atom is 0.151 e. The number of aromatic nitrogens is 3. The Morgan fingerprint density at radius 1 is 1.52 bits per heavy atom. The molecule has 11 heteroatoms. The summed E-state index contributed by atoms with van der Waals surface area (Å²) in [6, 6.07) is 0.357. The van der Waals surface area contributed by atoms with Crippen molar-refractivity contribution >= 4 is 11.3 Å². The van der Waals surface area contributed by atoms with Crippen LogP contribution < -0.4 is 5.73 Å². The average Bonchev–Trinajstić information content (AvgIpc) is 3.06. The number of nitroso groups, excluding NO2 is 1. The van der Waals surface area contributed by atoms with Crippen molar-refractivity contribution in [2.45, 2.75) is 36.9 Å². The molecule has 0 spiro atoms. The Morgan fingerprint density at radius 3 is 2.80 bits per heavy atom. The Morgan fingerprint density at radius 2 is 2.24 bits per heavy atom. The number of anilines is 1. The number of ether oxygens (including phenoxy) is 1. The molecular weight excluding hydrogens is 334 g/mol. The first kappa shape index (κ1) is 17.6. The highest BCUT2D eigenvalue weighted by Crippen LogP contribution is 2.43. The molecule has 0 radical (unpaired) electrons. The zero-order chi connectivity index (χ0) is 18.4. The van der Waals surface area contributed by atoms with E-state index in [0.717, 1.165) is 0 Å². The standard InChI is InChI=1S/C14H19N5O6/c1-14(23)11(22)9(4-21)25-12(14)8-2-6(7(3-20)18-24)10-13(15)16-5-17-19(8)10/h2,5,7,9,11-12,20-23H,3-4H2,1H3,(H2,15,16,17)/t7?,9-,11-,12+,14-/m1/s1. The summed E-state index contributed by atoms with van der Waals surface area (Å²) in [5.74, 6) is 0.0512. The van der Waals surface area contributed by atoms with E-state index in [4.69, 9.17) is 10.5 Å². The van der Waals surface area contributed by atoms with Gasteiger partial charge < -0.3 is 30.9 Å². The summed E-state index contributed by atoms with van der Waals surface area (Å²) >= 11 is 0. The van der Waals surface area contributed by atoms with Crippen LogP contribution in [0, 0.1) is 4.91 Å². The average molecular weight is 353 g/mol. The number of fused-ring (bicyclic) bond motifs is 1. The normalized spacial score (nSPS) is 30.7. The van der Waals surface area contributed by atoms with Gasteiger partial charge in [-0.05, 0) is 13.0 Å². The van der Waals surface area contributed by atoms with E-state index in [2.05, 4.69) is 15.3 Å². The quantitative estimate of drug-likeness (QED) is 0.407. The smallest absolute Gasteiger partial charge is 0.151 e. The lowest BCUT2D eigenvalue weighted by Crippen LogP contribution is -2.43. The fourth-order valence-corrected chi connectivity index (χ4v) is 3.18. The van der Waals surface area contributed by atoms with Crippen LogP contribution in [-0.4, -0.2) is 66.0 Å². The van der Waals surface area contributed by atoms with Gasteiger partial charge in [-0.25, -0.2) is 9.50 Å². The largest absolute Gasteiger partial charge is 0.394 e. The van der Waals surface area contributed by atoms with Crippen molar-refractivity contribution in [1.82, 2.24) is 14.6 Å². The summed E-state index contributed by atoms with van der Waals surface area (Å²) in [4.78, 5) is 14.9. The summed E-state index contributed by atoms with van der Waals surface area (Å²) in [6.07, 6.45) is -2.22. The summed E-state index contributed by atoms with van der Waals surface area (Å²) < 4.78 is 6.91. The zero-order valence-corrected chi connectivity index (χ0v) is 13.3. The Hall–Kier alpha value is -2.18. The molecule has 0 amide bonds. The Labute approximate surface area is 141 Å². The minimum Gasteiger partial charge on any atom is -0.394 e. The lowest BCUT2D eigenvalue weighted by atomic mass is 9.91. The molecule has 0 saturated carbocycles. The molecule has 1 fully saturated rings. The van der Waals surface area contributed by atoms with E-state index in [1.807, 2.05) is 0 Å². The van der Waals surface area contributed by atoms with Gasteiger partial charge in [0.1, 0.15) is 41.8 Å². The van der Waals surface area contributed by atoms with Crippen LogP contribution >= 0.6 is 0 Å². The van der Waals surface area contributed by atoms with Crippen LogP contribution in [0.2, 0.25) is 0 Å². The number of nitrogen functional groups attached to an aromatic ring is 1. The van der Waals surface area contributed by atoms with Crippen molar-refractivity contribution in [3.63, 3.8) is 0 Å². The number of hydrogen-bond donors (Lipinski definition) is 5. The molecule has 3 rings (SSSR count). The number of nitrogens with two attached hydrogens (primary N) is 1. The van der Waals surface area contributed by atoms with Crippen LogP contribution in [-0.2, 0) is 4.74 Å². The van der Waals surface area contributed by atoms with Crippen LogP contribution in [0.4, 0.5) is 5.82 Å². The first-order valence-corrected chi connectivity index (χ1v) is 7.58. The molecule has 11 nitrogen and oxygen atoms in total. The van der Waals surface area contributed by atoms with Gasteiger partial charge >= 0.3 is 0 Å². The third-order valence-electron chi connectivity index (χ3n) is 4.54. The third kappa shape index (κ3) is 2.56. The molecule has 0 aliphatic carbocycles. The minimum atomic E-state index is -1.73. The molecule has 1 aliphatic rings. The number of nitrogens with zero attached hydrogens (tertiary/aromatic N) is 4. The maximum atomic E-state index is 11.0. The Bertz CT molecular complexity index is 793. The summed E-state index contributed by atoms with van der Waals surface area (Å²) in [6.45, 7) is 0.320. The summed E-state index contributed by atoms with van der Waals surface area (Å²) in [7, 11) is 0. The van der Waals surface area contributed by atoms with Crippen molar-refractivity contribution in [2.75, 3.05) is 18.9 Å². The molecule has 1 aliphatic heterocycles. The highest BCUT2D eigenvalue weighted by Gasteiger charge is 2.53. The second-order valence-corrected chi connectivity index (χ2v) is 6.14. The predicted molar refractivity (Wildman–Crippen MR) is 84.4 cm³/mol. The van der Waals surface area contributed by atoms with E-state index in [0.29, 0.717) is 0 Å². The summed E-state index contributed by atoms with van der Waals surface area (Å²) in [5.41, 5.74) is 4.94. The fraction of sp³-hybridized carbons (Fsp3) is 0.571. The molecule has 1 saturated heterocycles. The van der Waals surface area contributed by atoms with E-state index in [9.17, 15) is 25.3 Å². The maximum absolute atomic E-state index is 11.0. The fourth-order valence-electron chi connectivity index (χ4n) is 3.18. The predicted octanol–water partition coefficient (Wildman–Crippen LogP) is -1.34. The van der Waals surface area contributed by atoms with Crippen LogP contribution in [0.3, 0.4) is 0 Å². The molecule has 1 unspecified atom stereocenters. The van der Waals surface area contributed by atoms with Crippen molar-refractivity contribution in [1.29, 1.82) is 0 Å². The van der Waals surface area contributed by atoms with Crippen molar-refractivity contribution in [3.05, 3.63) is 28.6 Å². The Balaban J connectivity index is 2.21. The molecule has 3 heterocycles. The molecule has 6 N–H and O–H groups in total. The zero-order valence-electron chi connectivity index (χ0n) is 13.3.